The molecule has 0 aromatic heterocycles. The zero-order chi connectivity index (χ0) is 11.7. The first-order valence-corrected chi connectivity index (χ1v) is 4.59. The Labute approximate surface area is 109 Å². The molecule has 0 saturated carbocycles. The molecule has 0 saturated heterocycles. The molecule has 4 heteroatoms. The summed E-state index contributed by atoms with van der Waals surface area (Å²) in [5, 5.41) is 12.4. The predicted molar refractivity (Wildman–Crippen MR) is 61.8 cm³/mol. The van der Waals surface area contributed by atoms with Crippen LogP contribution in [0, 0.1) is 0 Å². The number of nitrogens with zero attached hydrogens (tertiary/aromatic N) is 1. The van der Waals surface area contributed by atoms with Crippen molar-refractivity contribution in [3.63, 3.8) is 0 Å². The molecule has 0 heterocycles. The first kappa shape index (κ1) is 17.3. The third kappa shape index (κ3) is 10.9. The number of carbonyl (C=O) groups is 1. The van der Waals surface area contributed by atoms with Crippen molar-refractivity contribution in [2.45, 2.75) is 13.8 Å². The van der Waals surface area contributed by atoms with Crippen LogP contribution in [0.25, 0.3) is 5.32 Å². The molecule has 0 spiro atoms. The molecule has 0 fully saturated rings. The predicted octanol–water partition coefficient (Wildman–Crippen LogP) is 2.87. The zero-order valence-corrected chi connectivity index (χ0v) is 12.9. The van der Waals surface area contributed by atoms with Crippen LogP contribution >= 0.6 is 0 Å². The molecule has 0 unspecified atom stereocenters. The van der Waals surface area contributed by atoms with Crippen molar-refractivity contribution in [3.05, 3.63) is 47.4 Å². The second kappa shape index (κ2) is 10.4. The molecule has 1 rings (SSSR count). The smallest absolute Gasteiger partial charge is 0.151 e. The normalized spacial score (nSPS) is 9.31. The Morgan fingerprint density at radius 1 is 1.25 bits per heavy atom. The van der Waals surface area contributed by atoms with Gasteiger partial charge in [-0.05, 0) is 25.1 Å². The molecule has 1 aromatic rings. The molecule has 0 aliphatic carbocycles. The van der Waals surface area contributed by atoms with Gasteiger partial charge >= 0.3 is 0 Å². The number of carbonyl (C=O) groups excluding carboxylic acids is 1. The van der Waals surface area contributed by atoms with Crippen molar-refractivity contribution in [2.24, 2.45) is 0 Å². The number of para-hydroxylation sites is 1. The summed E-state index contributed by atoms with van der Waals surface area (Å²) in [6, 6.07) is 8.71. The van der Waals surface area contributed by atoms with Gasteiger partial charge in [0, 0.05) is 19.5 Å². The Morgan fingerprint density at radius 3 is 1.94 bits per heavy atom. The van der Waals surface area contributed by atoms with E-state index in [1.54, 1.807) is 38.2 Å². The molecule has 0 bridgehead atoms. The summed E-state index contributed by atoms with van der Waals surface area (Å²) >= 11 is 0. The Kier molecular flexibility index (Phi) is 11.2. The van der Waals surface area contributed by atoms with Crippen LogP contribution in [0.5, 0.6) is 5.75 Å². The number of phenols is 1. The fourth-order valence-electron chi connectivity index (χ4n) is 0.787. The van der Waals surface area contributed by atoms with E-state index in [0.29, 0.717) is 5.75 Å². The summed E-state index contributed by atoms with van der Waals surface area (Å²) in [5.41, 5.74) is 0.775. The van der Waals surface area contributed by atoms with Crippen LogP contribution in [0.4, 0.5) is 0 Å². The Morgan fingerprint density at radius 2 is 1.75 bits per heavy atom. The standard InChI is InChI=1S/C6H11NO.C6H6O.Zn/c1-5(7-3)4-6(2)8;7-6-4-2-1-3-5-6;/h4H,1-3H3,(H,7,8);1-5,7H;/p-1. The SMILES string of the molecule is C[N-]C(C)=CC(C)=O.Oc1ccccc1.[Zn]. The molecule has 0 atom stereocenters. The number of hydrogen-bond donors (Lipinski definition) is 1. The average Bonchev–Trinajstić information content (AvgIpc) is 2.19. The van der Waals surface area contributed by atoms with Crippen LogP contribution in [0.15, 0.2) is 42.1 Å². The number of phenolic OH excluding ortho intramolecular Hbond substituents is 1. The maximum Gasteiger partial charge on any atom is 0.151 e. The van der Waals surface area contributed by atoms with E-state index >= 15 is 0 Å². The van der Waals surface area contributed by atoms with E-state index in [1.807, 2.05) is 6.07 Å². The van der Waals surface area contributed by atoms with Crippen molar-refractivity contribution in [1.29, 1.82) is 0 Å². The van der Waals surface area contributed by atoms with Crippen molar-refractivity contribution >= 4 is 5.78 Å². The number of rotatable bonds is 2. The topological polar surface area (TPSA) is 51.4 Å². The molecule has 1 aromatic carbocycles. The molecule has 84 valence electrons. The average molecular weight is 272 g/mol. The van der Waals surface area contributed by atoms with Crippen molar-refractivity contribution in [2.75, 3.05) is 7.05 Å². The second-order valence-corrected chi connectivity index (χ2v) is 2.96. The van der Waals surface area contributed by atoms with Crippen LogP contribution in [-0.4, -0.2) is 17.9 Å². The number of allylic oxidation sites excluding steroid dienone is 2. The first-order valence-electron chi connectivity index (χ1n) is 4.59. The van der Waals surface area contributed by atoms with E-state index in [4.69, 9.17) is 5.11 Å². The van der Waals surface area contributed by atoms with Crippen LogP contribution in [0.3, 0.4) is 0 Å². The summed E-state index contributed by atoms with van der Waals surface area (Å²) in [6.07, 6.45) is 1.50. The molecule has 3 nitrogen and oxygen atoms in total. The van der Waals surface area contributed by atoms with Gasteiger partial charge in [-0.25, -0.2) is 0 Å². The minimum absolute atomic E-state index is 0. The van der Waals surface area contributed by atoms with Crippen LogP contribution in [0.2, 0.25) is 0 Å². The Hall–Kier alpha value is -1.15. The fraction of sp³-hybridized carbons (Fsp3) is 0.250. The van der Waals surface area contributed by atoms with Gasteiger partial charge in [0.2, 0.25) is 0 Å². The van der Waals surface area contributed by atoms with E-state index in [0.717, 1.165) is 5.70 Å². The van der Waals surface area contributed by atoms with Crippen LogP contribution in [0.1, 0.15) is 13.8 Å². The largest absolute Gasteiger partial charge is 0.690 e. The molecular formula is C12H16NO2Zn-. The maximum absolute atomic E-state index is 10.3. The molecule has 0 amide bonds. The monoisotopic (exact) mass is 270 g/mol. The van der Waals surface area contributed by atoms with Gasteiger partial charge in [0.25, 0.3) is 0 Å². The number of hydrogen-bond acceptors (Lipinski definition) is 2. The van der Waals surface area contributed by atoms with Crippen molar-refractivity contribution < 1.29 is 29.4 Å². The molecule has 1 N–H and O–H groups in total. The Balaban J connectivity index is 0. The third-order valence-electron chi connectivity index (χ3n) is 1.52. The second-order valence-electron chi connectivity index (χ2n) is 2.96. The molecular weight excluding hydrogens is 256 g/mol. The van der Waals surface area contributed by atoms with Gasteiger partial charge in [0.1, 0.15) is 5.75 Å². The molecule has 0 aliphatic rings. The number of aromatic hydroxyl groups is 1. The van der Waals surface area contributed by atoms with Gasteiger partial charge in [-0.3, -0.25) is 4.79 Å². The zero-order valence-electron chi connectivity index (χ0n) is 9.97. The third-order valence-corrected chi connectivity index (χ3v) is 1.52. The van der Waals surface area contributed by atoms with Crippen LogP contribution in [-0.2, 0) is 24.3 Å². The van der Waals surface area contributed by atoms with E-state index in [-0.39, 0.29) is 25.3 Å². The van der Waals surface area contributed by atoms with Gasteiger partial charge in [-0.2, -0.15) is 5.70 Å². The van der Waals surface area contributed by atoms with E-state index < -0.39 is 0 Å². The summed E-state index contributed by atoms with van der Waals surface area (Å²) < 4.78 is 0. The van der Waals surface area contributed by atoms with Gasteiger partial charge in [0.05, 0.1) is 0 Å². The fourth-order valence-corrected chi connectivity index (χ4v) is 0.787. The number of benzene rings is 1. The summed E-state index contributed by atoms with van der Waals surface area (Å²) in [6.45, 7) is 3.30. The van der Waals surface area contributed by atoms with Crippen LogP contribution < -0.4 is 0 Å². The molecule has 16 heavy (non-hydrogen) atoms. The minimum Gasteiger partial charge on any atom is -0.690 e. The van der Waals surface area contributed by atoms with E-state index in [1.165, 1.54) is 13.0 Å². The first-order chi connectivity index (χ1) is 7.06. The maximum atomic E-state index is 10.3. The van der Waals surface area contributed by atoms with Gasteiger partial charge in [-0.15, -0.1) is 7.05 Å². The van der Waals surface area contributed by atoms with Gasteiger partial charge in [-0.1, -0.05) is 25.1 Å². The number of ketones is 1. The van der Waals surface area contributed by atoms with E-state index in [9.17, 15) is 4.79 Å². The van der Waals surface area contributed by atoms with E-state index in [2.05, 4.69) is 5.32 Å². The Bertz CT molecular complexity index is 323. The summed E-state index contributed by atoms with van der Waals surface area (Å²) in [7, 11) is 1.66. The molecule has 0 radical (unpaired) electrons. The molecule has 0 aliphatic heterocycles. The van der Waals surface area contributed by atoms with Crippen molar-refractivity contribution in [1.82, 2.24) is 0 Å². The minimum atomic E-state index is 0. The summed E-state index contributed by atoms with van der Waals surface area (Å²) in [5.74, 6) is 0.371. The van der Waals surface area contributed by atoms with Gasteiger partial charge in [0.15, 0.2) is 5.78 Å². The van der Waals surface area contributed by atoms with Gasteiger partial charge < -0.3 is 10.4 Å². The van der Waals surface area contributed by atoms with Crippen molar-refractivity contribution in [3.8, 4) is 5.75 Å². The quantitative estimate of drug-likeness (QED) is 0.664. The summed E-state index contributed by atoms with van der Waals surface area (Å²) in [4.78, 5) is 10.3.